The molecule has 2 aliphatic heterocycles. The number of ether oxygens (including phenoxy) is 1. The summed E-state index contributed by atoms with van der Waals surface area (Å²) >= 11 is 8.37. The monoisotopic (exact) mass is 534 g/mol. The summed E-state index contributed by atoms with van der Waals surface area (Å²) in [6.07, 6.45) is 0. The predicted molar refractivity (Wildman–Crippen MR) is 141 cm³/mol. The highest BCUT2D eigenvalue weighted by Gasteiger charge is 2.56. The van der Waals surface area contributed by atoms with Crippen molar-refractivity contribution in [3.8, 4) is 5.75 Å². The van der Waals surface area contributed by atoms with E-state index in [9.17, 15) is 14.4 Å². The Balaban J connectivity index is 1.34. The second-order valence-electron chi connectivity index (χ2n) is 8.58. The van der Waals surface area contributed by atoms with E-state index in [-0.39, 0.29) is 16.7 Å². The van der Waals surface area contributed by atoms with E-state index in [1.165, 1.54) is 16.7 Å². The van der Waals surface area contributed by atoms with Crippen molar-refractivity contribution in [3.63, 3.8) is 0 Å². The maximum Gasteiger partial charge on any atom is 0.305 e. The van der Waals surface area contributed by atoms with Gasteiger partial charge in [0.05, 0.1) is 16.6 Å². The fraction of sp³-hybridized carbons (Fsp3) is 0.148. The number of aromatic nitrogens is 1. The van der Waals surface area contributed by atoms with E-state index in [2.05, 4.69) is 4.98 Å². The number of thiazole rings is 1. The summed E-state index contributed by atoms with van der Waals surface area (Å²) in [6.45, 7) is 0.442. The number of fused-ring (bicyclic) bond motifs is 2. The fourth-order valence-electron chi connectivity index (χ4n) is 4.73. The lowest BCUT2D eigenvalue weighted by Gasteiger charge is -2.29. The maximum absolute atomic E-state index is 13.7. The molecule has 2 amide bonds. The van der Waals surface area contributed by atoms with Gasteiger partial charge in [-0.2, -0.15) is 0 Å². The number of carbonyl (C=O) groups excluding carboxylic acids is 2. The average molecular weight is 535 g/mol. The summed E-state index contributed by atoms with van der Waals surface area (Å²) in [4.78, 5) is 44.1. The zero-order chi connectivity index (χ0) is 24.8. The molecule has 9 heteroatoms. The molecule has 6 nitrogen and oxygen atoms in total. The highest BCUT2D eigenvalue weighted by atomic mass is 35.5. The quantitative estimate of drug-likeness (QED) is 0.344. The number of benzene rings is 3. The van der Waals surface area contributed by atoms with E-state index < -0.39 is 17.1 Å². The number of aromatic amines is 1. The molecule has 2 unspecified atom stereocenters. The topological polar surface area (TPSA) is 79.5 Å². The highest BCUT2D eigenvalue weighted by molar-refractivity contribution is 8.00. The van der Waals surface area contributed by atoms with Gasteiger partial charge in [0.1, 0.15) is 17.6 Å². The predicted octanol–water partition coefficient (Wildman–Crippen LogP) is 5.46. The van der Waals surface area contributed by atoms with Gasteiger partial charge in [-0.15, -0.1) is 0 Å². The number of thioether (sulfide) groups is 1. The van der Waals surface area contributed by atoms with Gasteiger partial charge in [0.2, 0.25) is 11.8 Å². The van der Waals surface area contributed by atoms with E-state index in [4.69, 9.17) is 16.3 Å². The lowest BCUT2D eigenvalue weighted by atomic mass is 9.83. The van der Waals surface area contributed by atoms with Gasteiger partial charge in [0, 0.05) is 15.8 Å². The van der Waals surface area contributed by atoms with E-state index in [1.807, 2.05) is 54.6 Å². The molecule has 3 aromatic carbocycles. The lowest BCUT2D eigenvalue weighted by Crippen LogP contribution is -2.32. The molecular formula is C27H19ClN2O4S2. The van der Waals surface area contributed by atoms with Crippen LogP contribution in [0.1, 0.15) is 21.9 Å². The van der Waals surface area contributed by atoms with Crippen LogP contribution in [0.4, 0.5) is 5.69 Å². The second-order valence-corrected chi connectivity index (χ2v) is 11.2. The molecule has 0 saturated carbocycles. The molecule has 3 atom stereocenters. The molecule has 6 rings (SSSR count). The summed E-state index contributed by atoms with van der Waals surface area (Å²) in [5, 5.41) is 0.543. The molecule has 2 aliphatic rings. The fourth-order valence-corrected chi connectivity index (χ4v) is 7.37. The summed E-state index contributed by atoms with van der Waals surface area (Å²) in [6, 6.07) is 24.1. The van der Waals surface area contributed by atoms with Crippen LogP contribution in [0.2, 0.25) is 5.02 Å². The zero-order valence-electron chi connectivity index (χ0n) is 18.7. The van der Waals surface area contributed by atoms with Crippen molar-refractivity contribution in [2.75, 3.05) is 4.90 Å². The number of amides is 2. The summed E-state index contributed by atoms with van der Waals surface area (Å²) in [5.74, 6) is -0.924. The second kappa shape index (κ2) is 9.28. The Morgan fingerprint density at radius 1 is 0.889 bits per heavy atom. The van der Waals surface area contributed by atoms with Crippen LogP contribution in [-0.4, -0.2) is 22.0 Å². The molecule has 4 aromatic rings. The van der Waals surface area contributed by atoms with Crippen LogP contribution in [0, 0.1) is 5.92 Å². The number of rotatable bonds is 5. The van der Waals surface area contributed by atoms with Crippen molar-refractivity contribution in [1.82, 2.24) is 4.98 Å². The third-order valence-electron chi connectivity index (χ3n) is 6.40. The van der Waals surface area contributed by atoms with Crippen LogP contribution < -0.4 is 14.5 Å². The minimum Gasteiger partial charge on any atom is -0.489 e. The molecule has 1 aromatic heterocycles. The van der Waals surface area contributed by atoms with Crippen LogP contribution >= 0.6 is 34.7 Å². The van der Waals surface area contributed by atoms with Crippen LogP contribution in [0.3, 0.4) is 0 Å². The maximum atomic E-state index is 13.7. The molecule has 0 spiro atoms. The molecule has 1 saturated heterocycles. The largest absolute Gasteiger partial charge is 0.489 e. The minimum atomic E-state index is -0.634. The van der Waals surface area contributed by atoms with Gasteiger partial charge in [0.15, 0.2) is 0 Å². The van der Waals surface area contributed by atoms with E-state index in [0.717, 1.165) is 27.3 Å². The Morgan fingerprint density at radius 2 is 1.61 bits per heavy atom. The first-order valence-electron chi connectivity index (χ1n) is 11.3. The Kier molecular flexibility index (Phi) is 5.95. The van der Waals surface area contributed by atoms with E-state index in [0.29, 0.717) is 28.1 Å². The summed E-state index contributed by atoms with van der Waals surface area (Å²) in [5.41, 5.74) is 2.41. The first kappa shape index (κ1) is 23.1. The molecule has 3 heterocycles. The van der Waals surface area contributed by atoms with Crippen LogP contribution in [-0.2, 0) is 16.2 Å². The number of hydrogen-bond acceptors (Lipinski definition) is 6. The third-order valence-corrected chi connectivity index (χ3v) is 9.05. The van der Waals surface area contributed by atoms with Crippen molar-refractivity contribution >= 4 is 52.2 Å². The minimum absolute atomic E-state index is 0.199. The number of anilines is 1. The standard InChI is InChI=1S/C27H19ClN2O4S2/c28-17-8-10-18(11-9-17)30-25(31)21-20(22-24(29-27(33)36-22)35-23(21)26(30)32)16-6-12-19(13-7-16)34-14-15-4-2-1-3-5-15/h1-13,20-21,23H,14H2,(H,29,33)/t20-,21?,23?/m1/s1. The Morgan fingerprint density at radius 3 is 2.33 bits per heavy atom. The molecule has 0 aliphatic carbocycles. The van der Waals surface area contributed by atoms with Crippen molar-refractivity contribution in [2.45, 2.75) is 22.8 Å². The first-order valence-corrected chi connectivity index (χ1v) is 13.4. The summed E-state index contributed by atoms with van der Waals surface area (Å²) < 4.78 is 5.92. The molecule has 36 heavy (non-hydrogen) atoms. The molecule has 1 fully saturated rings. The number of H-pyrrole nitrogens is 1. The SMILES string of the molecule is O=C1C2Sc3[nH]c(=O)sc3[C@H](c3ccc(OCc4ccccc4)cc3)C2C(=O)N1c1ccc(Cl)cc1. The molecule has 180 valence electrons. The molecule has 0 radical (unpaired) electrons. The number of nitrogens with zero attached hydrogens (tertiary/aromatic N) is 1. The Hall–Kier alpha value is -3.33. The number of hydrogen-bond donors (Lipinski definition) is 1. The molecular weight excluding hydrogens is 516 g/mol. The Bertz CT molecular complexity index is 1500. The van der Waals surface area contributed by atoms with E-state index >= 15 is 0 Å². The number of nitrogens with one attached hydrogen (secondary N) is 1. The highest BCUT2D eigenvalue weighted by Crippen LogP contribution is 2.53. The Labute approximate surface area is 219 Å². The van der Waals surface area contributed by atoms with Crippen LogP contribution in [0.25, 0.3) is 0 Å². The zero-order valence-corrected chi connectivity index (χ0v) is 21.1. The third kappa shape index (κ3) is 4.05. The summed E-state index contributed by atoms with van der Waals surface area (Å²) in [7, 11) is 0. The lowest BCUT2D eigenvalue weighted by molar-refractivity contribution is -0.122. The van der Waals surface area contributed by atoms with Gasteiger partial charge in [-0.05, 0) is 47.5 Å². The van der Waals surface area contributed by atoms with Gasteiger partial charge in [-0.3, -0.25) is 14.4 Å². The van der Waals surface area contributed by atoms with Crippen molar-refractivity contribution in [1.29, 1.82) is 0 Å². The number of imide groups is 1. The van der Waals surface area contributed by atoms with Gasteiger partial charge in [0.25, 0.3) is 0 Å². The van der Waals surface area contributed by atoms with Gasteiger partial charge < -0.3 is 9.72 Å². The van der Waals surface area contributed by atoms with Gasteiger partial charge in [-0.25, -0.2) is 4.90 Å². The normalized spacial score (nSPS) is 20.8. The van der Waals surface area contributed by atoms with Crippen LogP contribution in [0.15, 0.2) is 88.7 Å². The molecule has 1 N–H and O–H groups in total. The smallest absolute Gasteiger partial charge is 0.305 e. The van der Waals surface area contributed by atoms with Crippen LogP contribution in [0.5, 0.6) is 5.75 Å². The molecule has 0 bridgehead atoms. The van der Waals surface area contributed by atoms with Gasteiger partial charge in [-0.1, -0.05) is 77.2 Å². The van der Waals surface area contributed by atoms with E-state index in [1.54, 1.807) is 24.3 Å². The van der Waals surface area contributed by atoms with Gasteiger partial charge >= 0.3 is 4.87 Å². The van der Waals surface area contributed by atoms with Crippen molar-refractivity contribution in [3.05, 3.63) is 110 Å². The average Bonchev–Trinajstić information content (AvgIpc) is 3.39. The number of halogens is 1. The van der Waals surface area contributed by atoms with Crippen molar-refractivity contribution < 1.29 is 14.3 Å². The van der Waals surface area contributed by atoms with Crippen molar-refractivity contribution in [2.24, 2.45) is 5.92 Å². The number of carbonyl (C=O) groups is 2. The first-order chi connectivity index (χ1) is 17.5.